The number of pyridine rings is 1. The minimum atomic E-state index is -0.0815. The zero-order valence-electron chi connectivity index (χ0n) is 15.4. The fourth-order valence-electron chi connectivity index (χ4n) is 3.42. The fraction of sp³-hybridized carbons (Fsp3) is 0.0870. The summed E-state index contributed by atoms with van der Waals surface area (Å²) in [6.07, 6.45) is 0. The molecule has 0 N–H and O–H groups in total. The Bertz CT molecular complexity index is 1250. The lowest BCUT2D eigenvalue weighted by Gasteiger charge is -2.16. The molecule has 0 aliphatic rings. The first-order valence-corrected chi connectivity index (χ1v) is 9.48. The van der Waals surface area contributed by atoms with Gasteiger partial charge in [-0.3, -0.25) is 4.79 Å². The van der Waals surface area contributed by atoms with Crippen LogP contribution >= 0.6 is 23.2 Å². The molecule has 28 heavy (non-hydrogen) atoms. The molecule has 0 unspecified atom stereocenters. The maximum Gasteiger partial charge on any atom is 0.251 e. The van der Waals surface area contributed by atoms with Crippen molar-refractivity contribution < 1.29 is 4.74 Å². The first-order valence-electron chi connectivity index (χ1n) is 8.72. The number of benzene rings is 3. The summed E-state index contributed by atoms with van der Waals surface area (Å²) in [5.74, 6) is 0.622. The van der Waals surface area contributed by atoms with Crippen LogP contribution in [0.2, 0.25) is 10.0 Å². The summed E-state index contributed by atoms with van der Waals surface area (Å²) in [6.45, 7) is 0. The number of halogens is 2. The van der Waals surface area contributed by atoms with Gasteiger partial charge in [-0.05, 0) is 35.4 Å². The number of fused-ring (bicyclic) bond motifs is 1. The first kappa shape index (κ1) is 18.6. The van der Waals surface area contributed by atoms with Gasteiger partial charge in [0.2, 0.25) is 0 Å². The molecule has 0 bridgehead atoms. The monoisotopic (exact) mass is 409 g/mol. The van der Waals surface area contributed by atoms with Crippen molar-refractivity contribution in [2.75, 3.05) is 7.11 Å². The van der Waals surface area contributed by atoms with E-state index in [1.807, 2.05) is 48.5 Å². The summed E-state index contributed by atoms with van der Waals surface area (Å²) in [5.41, 5.74) is 4.13. The van der Waals surface area contributed by atoms with Crippen molar-refractivity contribution in [1.82, 2.24) is 4.57 Å². The maximum atomic E-state index is 12.6. The van der Waals surface area contributed by atoms with Crippen LogP contribution in [0.3, 0.4) is 0 Å². The van der Waals surface area contributed by atoms with E-state index in [1.54, 1.807) is 36.9 Å². The molecule has 1 heterocycles. The van der Waals surface area contributed by atoms with Crippen molar-refractivity contribution in [2.45, 2.75) is 0 Å². The average molecular weight is 410 g/mol. The molecule has 0 aliphatic heterocycles. The first-order chi connectivity index (χ1) is 13.5. The third kappa shape index (κ3) is 3.17. The number of hydrogen-bond donors (Lipinski definition) is 0. The Hall–Kier alpha value is -2.75. The van der Waals surface area contributed by atoms with Crippen LogP contribution < -0.4 is 10.3 Å². The van der Waals surface area contributed by atoms with E-state index < -0.39 is 0 Å². The molecule has 0 atom stereocenters. The Kier molecular flexibility index (Phi) is 4.88. The Balaban J connectivity index is 2.12. The summed E-state index contributed by atoms with van der Waals surface area (Å²) >= 11 is 12.7. The van der Waals surface area contributed by atoms with Crippen molar-refractivity contribution in [3.05, 3.63) is 87.1 Å². The topological polar surface area (TPSA) is 31.2 Å². The van der Waals surface area contributed by atoms with Crippen molar-refractivity contribution in [3.63, 3.8) is 0 Å². The fourth-order valence-corrected chi connectivity index (χ4v) is 3.81. The van der Waals surface area contributed by atoms with Gasteiger partial charge in [-0.1, -0.05) is 53.5 Å². The number of nitrogens with zero attached hydrogens (tertiary/aromatic N) is 1. The molecule has 4 rings (SSSR count). The summed E-state index contributed by atoms with van der Waals surface area (Å²) < 4.78 is 7.24. The third-order valence-corrected chi connectivity index (χ3v) is 5.44. The summed E-state index contributed by atoms with van der Waals surface area (Å²) in [5, 5.41) is 2.10. The Labute approximate surface area is 172 Å². The molecular formula is C23H17Cl2NO2. The van der Waals surface area contributed by atoms with Gasteiger partial charge in [0, 0.05) is 45.7 Å². The van der Waals surface area contributed by atoms with Gasteiger partial charge >= 0.3 is 0 Å². The van der Waals surface area contributed by atoms with Crippen molar-refractivity contribution in [3.8, 4) is 28.0 Å². The smallest absolute Gasteiger partial charge is 0.251 e. The highest BCUT2D eigenvalue weighted by Gasteiger charge is 2.16. The van der Waals surface area contributed by atoms with E-state index in [9.17, 15) is 4.79 Å². The minimum Gasteiger partial charge on any atom is -0.496 e. The molecule has 0 amide bonds. The van der Waals surface area contributed by atoms with E-state index >= 15 is 0 Å². The zero-order valence-corrected chi connectivity index (χ0v) is 16.9. The maximum absolute atomic E-state index is 12.6. The van der Waals surface area contributed by atoms with E-state index in [0.717, 1.165) is 33.2 Å². The highest BCUT2D eigenvalue weighted by Crippen LogP contribution is 2.40. The molecule has 0 saturated carbocycles. The molecule has 0 radical (unpaired) electrons. The van der Waals surface area contributed by atoms with Gasteiger partial charge in [-0.25, -0.2) is 0 Å². The van der Waals surface area contributed by atoms with Crippen LogP contribution in [-0.4, -0.2) is 11.7 Å². The highest BCUT2D eigenvalue weighted by atomic mass is 35.5. The SMILES string of the molecule is COc1cc2c(cc1-c1cc(Cl)ccc1Cl)c(-c1ccccc1)cc(=O)n2C. The third-order valence-electron chi connectivity index (χ3n) is 4.87. The molecule has 1 aromatic heterocycles. The molecule has 0 fully saturated rings. The Morgan fingerprint density at radius 3 is 2.32 bits per heavy atom. The van der Waals surface area contributed by atoms with Gasteiger partial charge < -0.3 is 9.30 Å². The number of ether oxygens (including phenoxy) is 1. The van der Waals surface area contributed by atoms with E-state index in [1.165, 1.54) is 0 Å². The second kappa shape index (κ2) is 7.34. The van der Waals surface area contributed by atoms with Gasteiger partial charge in [-0.15, -0.1) is 0 Å². The van der Waals surface area contributed by atoms with Crippen LogP contribution in [0.1, 0.15) is 0 Å². The van der Waals surface area contributed by atoms with Crippen LogP contribution in [0.15, 0.2) is 71.5 Å². The van der Waals surface area contributed by atoms with Crippen molar-refractivity contribution >= 4 is 34.1 Å². The largest absolute Gasteiger partial charge is 0.496 e. The Morgan fingerprint density at radius 2 is 1.61 bits per heavy atom. The quantitative estimate of drug-likeness (QED) is 0.403. The number of rotatable bonds is 3. The van der Waals surface area contributed by atoms with Gasteiger partial charge in [0.1, 0.15) is 5.75 Å². The van der Waals surface area contributed by atoms with Crippen molar-refractivity contribution in [2.24, 2.45) is 7.05 Å². The predicted molar refractivity (Wildman–Crippen MR) is 117 cm³/mol. The van der Waals surface area contributed by atoms with E-state index in [4.69, 9.17) is 27.9 Å². The number of aryl methyl sites for hydroxylation is 1. The second-order valence-corrected chi connectivity index (χ2v) is 7.36. The highest BCUT2D eigenvalue weighted by molar-refractivity contribution is 6.35. The summed E-state index contributed by atoms with van der Waals surface area (Å²) in [7, 11) is 3.35. The molecule has 0 spiro atoms. The predicted octanol–water partition coefficient (Wildman–Crippen LogP) is 6.19. The lowest BCUT2D eigenvalue weighted by molar-refractivity contribution is 0.417. The zero-order chi connectivity index (χ0) is 19.8. The summed E-state index contributed by atoms with van der Waals surface area (Å²) in [6, 6.07) is 20.7. The van der Waals surface area contributed by atoms with E-state index in [0.29, 0.717) is 15.8 Å². The lowest BCUT2D eigenvalue weighted by atomic mass is 9.96. The molecule has 3 nitrogen and oxygen atoms in total. The van der Waals surface area contributed by atoms with Gasteiger partial charge in [-0.2, -0.15) is 0 Å². The molecule has 5 heteroatoms. The van der Waals surface area contributed by atoms with E-state index in [2.05, 4.69) is 0 Å². The molecule has 4 aromatic rings. The molecule has 0 aliphatic carbocycles. The van der Waals surface area contributed by atoms with Gasteiger partial charge in [0.05, 0.1) is 12.6 Å². The molecule has 140 valence electrons. The average Bonchev–Trinajstić information content (AvgIpc) is 2.72. The van der Waals surface area contributed by atoms with Crippen LogP contribution in [0.5, 0.6) is 5.75 Å². The normalized spacial score (nSPS) is 11.0. The number of aromatic nitrogens is 1. The van der Waals surface area contributed by atoms with Crippen molar-refractivity contribution in [1.29, 1.82) is 0 Å². The Morgan fingerprint density at radius 1 is 0.857 bits per heavy atom. The van der Waals surface area contributed by atoms with Crippen LogP contribution in [0, 0.1) is 0 Å². The second-order valence-electron chi connectivity index (χ2n) is 6.52. The van der Waals surface area contributed by atoms with Crippen LogP contribution in [0.4, 0.5) is 0 Å². The van der Waals surface area contributed by atoms with Gasteiger partial charge in [0.25, 0.3) is 5.56 Å². The minimum absolute atomic E-state index is 0.0815. The number of methoxy groups -OCH3 is 1. The molecule has 3 aromatic carbocycles. The van der Waals surface area contributed by atoms with Crippen LogP contribution in [0.25, 0.3) is 33.2 Å². The van der Waals surface area contributed by atoms with Gasteiger partial charge in [0.15, 0.2) is 0 Å². The molecular weight excluding hydrogens is 393 g/mol. The lowest BCUT2D eigenvalue weighted by Crippen LogP contribution is -2.16. The number of hydrogen-bond acceptors (Lipinski definition) is 2. The molecule has 0 saturated heterocycles. The van der Waals surface area contributed by atoms with Crippen LogP contribution in [-0.2, 0) is 7.05 Å². The standard InChI is InChI=1S/C23H17Cl2NO2/c1-26-21-13-22(28-2)19(17-10-15(24)8-9-20(17)25)11-18(21)16(12-23(26)27)14-6-4-3-5-7-14/h3-13H,1-2H3. The summed E-state index contributed by atoms with van der Waals surface area (Å²) in [4.78, 5) is 12.6. The van der Waals surface area contributed by atoms with E-state index in [-0.39, 0.29) is 5.56 Å².